The van der Waals surface area contributed by atoms with E-state index in [1.54, 1.807) is 0 Å². The van der Waals surface area contributed by atoms with Crippen LogP contribution in [-0.4, -0.2) is 32.8 Å². The van der Waals surface area contributed by atoms with Crippen molar-refractivity contribution in [3.05, 3.63) is 0 Å². The molecular weight excluding hydrogens is 188 g/mol. The number of piperidine rings is 1. The maximum Gasteiger partial charge on any atom is 0.214 e. The second-order valence-corrected chi connectivity index (χ2v) is 5.76. The molecule has 0 aromatic rings. The molecule has 0 bridgehead atoms. The predicted octanol–water partition coefficient (Wildman–Crippen LogP) is 0.0662. The second kappa shape index (κ2) is 4.39. The number of rotatable bonds is 3. The molecule has 78 valence electrons. The summed E-state index contributed by atoms with van der Waals surface area (Å²) in [5.74, 6) is 0. The Morgan fingerprint density at radius 3 is 2.31 bits per heavy atom. The molecule has 4 nitrogen and oxygen atoms in total. The summed E-state index contributed by atoms with van der Waals surface area (Å²) in [5, 5.41) is 2.95. The molecule has 1 fully saturated rings. The van der Waals surface area contributed by atoms with E-state index in [-0.39, 0.29) is 11.3 Å². The molecule has 13 heavy (non-hydrogen) atoms. The summed E-state index contributed by atoms with van der Waals surface area (Å²) in [5.41, 5.74) is 0. The summed E-state index contributed by atoms with van der Waals surface area (Å²) < 4.78 is 25.9. The van der Waals surface area contributed by atoms with Gasteiger partial charge in [-0.15, -0.1) is 0 Å². The Morgan fingerprint density at radius 2 is 1.85 bits per heavy atom. The van der Waals surface area contributed by atoms with Gasteiger partial charge in [0.25, 0.3) is 0 Å². The number of sulfonamides is 1. The van der Waals surface area contributed by atoms with E-state index in [2.05, 4.69) is 10.0 Å². The molecule has 0 spiro atoms. The van der Waals surface area contributed by atoms with Gasteiger partial charge < -0.3 is 5.32 Å². The fraction of sp³-hybridized carbons (Fsp3) is 1.00. The first-order chi connectivity index (χ1) is 6.02. The van der Waals surface area contributed by atoms with Gasteiger partial charge in [0.1, 0.15) is 0 Å². The van der Waals surface area contributed by atoms with Crippen LogP contribution in [0.15, 0.2) is 0 Å². The van der Waals surface area contributed by atoms with Crippen LogP contribution in [0, 0.1) is 0 Å². The second-order valence-electron chi connectivity index (χ2n) is 3.77. The Hall–Kier alpha value is -0.130. The average Bonchev–Trinajstić information content (AvgIpc) is 2.04. The molecule has 0 amide bonds. The molecule has 1 rings (SSSR count). The maximum absolute atomic E-state index is 11.7. The van der Waals surface area contributed by atoms with Crippen LogP contribution in [0.25, 0.3) is 0 Å². The van der Waals surface area contributed by atoms with Gasteiger partial charge in [-0.3, -0.25) is 0 Å². The molecule has 1 heterocycles. The average molecular weight is 206 g/mol. The highest BCUT2D eigenvalue weighted by atomic mass is 32.2. The zero-order valence-electron chi connectivity index (χ0n) is 8.21. The van der Waals surface area contributed by atoms with Gasteiger partial charge in [0, 0.05) is 6.04 Å². The molecule has 0 aromatic heterocycles. The first-order valence-corrected chi connectivity index (χ1v) is 6.29. The summed E-state index contributed by atoms with van der Waals surface area (Å²) in [6, 6.07) is -0.000106. The standard InChI is InChI=1S/C8H18N2O2S/c1-7(2)10-13(11,12)8-3-5-9-6-4-8/h7-10H,3-6H2,1-2H3. The lowest BCUT2D eigenvalue weighted by atomic mass is 10.2. The van der Waals surface area contributed by atoms with Gasteiger partial charge >= 0.3 is 0 Å². The third kappa shape index (κ3) is 3.25. The third-order valence-corrected chi connectivity index (χ3v) is 4.27. The highest BCUT2D eigenvalue weighted by Crippen LogP contribution is 2.12. The quantitative estimate of drug-likeness (QED) is 0.687. The number of hydrogen-bond acceptors (Lipinski definition) is 3. The predicted molar refractivity (Wildman–Crippen MR) is 53.1 cm³/mol. The lowest BCUT2D eigenvalue weighted by molar-refractivity contribution is 0.485. The molecule has 0 aromatic carbocycles. The summed E-state index contributed by atoms with van der Waals surface area (Å²) in [7, 11) is -3.07. The molecular formula is C8H18N2O2S. The highest BCUT2D eigenvalue weighted by Gasteiger charge is 2.27. The van der Waals surface area contributed by atoms with Crippen LogP contribution in [0.4, 0.5) is 0 Å². The van der Waals surface area contributed by atoms with Gasteiger partial charge in [-0.2, -0.15) is 0 Å². The Morgan fingerprint density at radius 1 is 1.31 bits per heavy atom. The Labute approximate surface area is 80.1 Å². The minimum Gasteiger partial charge on any atom is -0.317 e. The minimum absolute atomic E-state index is 0.000106. The molecule has 2 N–H and O–H groups in total. The van der Waals surface area contributed by atoms with E-state index >= 15 is 0 Å². The summed E-state index contributed by atoms with van der Waals surface area (Å²) in [6.07, 6.45) is 1.45. The molecule has 0 radical (unpaired) electrons. The van der Waals surface area contributed by atoms with Crippen molar-refractivity contribution in [3.8, 4) is 0 Å². The van der Waals surface area contributed by atoms with Crippen LogP contribution in [0.1, 0.15) is 26.7 Å². The van der Waals surface area contributed by atoms with E-state index in [0.29, 0.717) is 0 Å². The first kappa shape index (κ1) is 10.9. The van der Waals surface area contributed by atoms with Crippen LogP contribution in [0.2, 0.25) is 0 Å². The van der Waals surface area contributed by atoms with Gasteiger partial charge in [-0.1, -0.05) is 0 Å². The molecule has 0 saturated carbocycles. The largest absolute Gasteiger partial charge is 0.317 e. The molecule has 0 unspecified atom stereocenters. The van der Waals surface area contributed by atoms with Crippen LogP contribution < -0.4 is 10.0 Å². The van der Waals surface area contributed by atoms with Crippen LogP contribution >= 0.6 is 0 Å². The monoisotopic (exact) mass is 206 g/mol. The van der Waals surface area contributed by atoms with E-state index in [4.69, 9.17) is 0 Å². The number of hydrogen-bond donors (Lipinski definition) is 2. The lowest BCUT2D eigenvalue weighted by Crippen LogP contribution is -2.43. The van der Waals surface area contributed by atoms with Crippen molar-refractivity contribution in [2.45, 2.75) is 38.0 Å². The van der Waals surface area contributed by atoms with Crippen molar-refractivity contribution >= 4 is 10.0 Å². The zero-order valence-corrected chi connectivity index (χ0v) is 9.02. The van der Waals surface area contributed by atoms with Gasteiger partial charge in [-0.05, 0) is 39.8 Å². The molecule has 1 aliphatic rings. The Balaban J connectivity index is 2.57. The van der Waals surface area contributed by atoms with Crippen molar-refractivity contribution in [1.29, 1.82) is 0 Å². The normalized spacial score (nSPS) is 20.8. The summed E-state index contributed by atoms with van der Waals surface area (Å²) in [6.45, 7) is 5.31. The van der Waals surface area contributed by atoms with Crippen molar-refractivity contribution in [2.24, 2.45) is 0 Å². The topological polar surface area (TPSA) is 58.2 Å². The van der Waals surface area contributed by atoms with Gasteiger partial charge in [0.05, 0.1) is 5.25 Å². The van der Waals surface area contributed by atoms with Gasteiger partial charge in [0.15, 0.2) is 0 Å². The van der Waals surface area contributed by atoms with E-state index in [1.165, 1.54) is 0 Å². The third-order valence-electron chi connectivity index (χ3n) is 2.12. The van der Waals surface area contributed by atoms with Gasteiger partial charge in [0.2, 0.25) is 10.0 Å². The fourth-order valence-corrected chi connectivity index (χ4v) is 3.24. The van der Waals surface area contributed by atoms with Crippen LogP contribution in [0.5, 0.6) is 0 Å². The molecule has 1 aliphatic heterocycles. The van der Waals surface area contributed by atoms with E-state index < -0.39 is 10.0 Å². The summed E-state index contributed by atoms with van der Waals surface area (Å²) >= 11 is 0. The molecule has 0 aliphatic carbocycles. The first-order valence-electron chi connectivity index (χ1n) is 4.74. The smallest absolute Gasteiger partial charge is 0.214 e. The number of nitrogens with one attached hydrogen (secondary N) is 2. The van der Waals surface area contributed by atoms with Crippen molar-refractivity contribution in [1.82, 2.24) is 10.0 Å². The Kier molecular flexibility index (Phi) is 3.70. The van der Waals surface area contributed by atoms with E-state index in [9.17, 15) is 8.42 Å². The molecule has 1 saturated heterocycles. The van der Waals surface area contributed by atoms with E-state index in [0.717, 1.165) is 25.9 Å². The van der Waals surface area contributed by atoms with Crippen LogP contribution in [-0.2, 0) is 10.0 Å². The van der Waals surface area contributed by atoms with Crippen molar-refractivity contribution < 1.29 is 8.42 Å². The SMILES string of the molecule is CC(C)NS(=O)(=O)C1CCNCC1. The van der Waals surface area contributed by atoms with Crippen LogP contribution in [0.3, 0.4) is 0 Å². The van der Waals surface area contributed by atoms with Crippen molar-refractivity contribution in [2.75, 3.05) is 13.1 Å². The fourth-order valence-electron chi connectivity index (χ4n) is 1.53. The van der Waals surface area contributed by atoms with Crippen molar-refractivity contribution in [3.63, 3.8) is 0 Å². The Bertz CT molecular complexity index is 243. The van der Waals surface area contributed by atoms with E-state index in [1.807, 2.05) is 13.8 Å². The minimum atomic E-state index is -3.07. The highest BCUT2D eigenvalue weighted by molar-refractivity contribution is 7.90. The molecule has 5 heteroatoms. The zero-order chi connectivity index (χ0) is 9.90. The maximum atomic E-state index is 11.7. The summed E-state index contributed by atoms with van der Waals surface area (Å²) in [4.78, 5) is 0. The molecule has 0 atom stereocenters. The lowest BCUT2D eigenvalue weighted by Gasteiger charge is -2.23. The van der Waals surface area contributed by atoms with Gasteiger partial charge in [-0.25, -0.2) is 13.1 Å².